The highest BCUT2D eigenvalue weighted by atomic mass is 16.5. The third kappa shape index (κ3) is 3.17. The topological polar surface area (TPSA) is 26.3 Å². The number of benzene rings is 3. The van der Waals surface area contributed by atoms with Crippen molar-refractivity contribution in [3.63, 3.8) is 0 Å². The maximum Gasteiger partial charge on any atom is 0.203 e. The van der Waals surface area contributed by atoms with Crippen molar-refractivity contribution >= 4 is 17.1 Å². The number of rotatable bonds is 5. The quantitative estimate of drug-likeness (QED) is 0.696. The SMILES string of the molecule is Cc1cc(COc2ccc(C[C]=O)cc2)cc2ccccc12. The van der Waals surface area contributed by atoms with Crippen LogP contribution >= 0.6 is 0 Å². The second kappa shape index (κ2) is 6.44. The van der Waals surface area contributed by atoms with Crippen LogP contribution < -0.4 is 4.74 Å². The van der Waals surface area contributed by atoms with Crippen molar-refractivity contribution in [2.24, 2.45) is 0 Å². The molecule has 2 heteroatoms. The fourth-order valence-corrected chi connectivity index (χ4v) is 2.62. The minimum atomic E-state index is 0.324. The molecule has 0 aliphatic carbocycles. The summed E-state index contributed by atoms with van der Waals surface area (Å²) in [6, 6.07) is 20.3. The van der Waals surface area contributed by atoms with E-state index in [1.807, 2.05) is 30.6 Å². The molecule has 0 bridgehead atoms. The standard InChI is InChI=1S/C20H17O2/c1-15-12-17(13-18-4-2-3-5-20(15)18)14-22-19-8-6-16(7-9-19)10-11-21/h2-9,12-13H,10,14H2,1H3. The second-order valence-corrected chi connectivity index (χ2v) is 5.39. The normalized spacial score (nSPS) is 10.6. The predicted molar refractivity (Wildman–Crippen MR) is 88.9 cm³/mol. The summed E-state index contributed by atoms with van der Waals surface area (Å²) in [6.45, 7) is 2.65. The van der Waals surface area contributed by atoms with Gasteiger partial charge in [-0.05, 0) is 52.6 Å². The molecule has 0 spiro atoms. The van der Waals surface area contributed by atoms with Crippen molar-refractivity contribution in [3.8, 4) is 5.75 Å². The molecule has 109 valence electrons. The Bertz CT molecular complexity index is 788. The fraction of sp³-hybridized carbons (Fsp3) is 0.150. The lowest BCUT2D eigenvalue weighted by Crippen LogP contribution is -1.97. The number of ether oxygens (including phenoxy) is 1. The number of fused-ring (bicyclic) bond motifs is 1. The molecule has 0 fully saturated rings. The first-order valence-electron chi connectivity index (χ1n) is 7.31. The summed E-state index contributed by atoms with van der Waals surface area (Å²) in [5.41, 5.74) is 3.36. The van der Waals surface area contributed by atoms with E-state index < -0.39 is 0 Å². The van der Waals surface area contributed by atoms with Crippen LogP contribution in [0.15, 0.2) is 60.7 Å². The third-order valence-electron chi connectivity index (χ3n) is 3.73. The molecule has 0 aliphatic rings. The molecule has 0 unspecified atom stereocenters. The first kappa shape index (κ1) is 14.3. The minimum Gasteiger partial charge on any atom is -0.489 e. The molecule has 0 saturated carbocycles. The zero-order valence-corrected chi connectivity index (χ0v) is 12.5. The highest BCUT2D eigenvalue weighted by Crippen LogP contribution is 2.22. The molecule has 0 atom stereocenters. The molecule has 0 heterocycles. The zero-order valence-electron chi connectivity index (χ0n) is 12.5. The van der Waals surface area contributed by atoms with Gasteiger partial charge in [0.1, 0.15) is 12.4 Å². The summed E-state index contributed by atoms with van der Waals surface area (Å²) < 4.78 is 5.83. The van der Waals surface area contributed by atoms with E-state index in [9.17, 15) is 4.79 Å². The number of aryl methyl sites for hydroxylation is 1. The van der Waals surface area contributed by atoms with E-state index in [0.29, 0.717) is 13.0 Å². The largest absolute Gasteiger partial charge is 0.489 e. The van der Waals surface area contributed by atoms with Crippen molar-refractivity contribution in [3.05, 3.63) is 77.4 Å². The lowest BCUT2D eigenvalue weighted by molar-refractivity contribution is 0.306. The zero-order chi connectivity index (χ0) is 15.4. The summed E-state index contributed by atoms with van der Waals surface area (Å²) in [5, 5.41) is 2.51. The highest BCUT2D eigenvalue weighted by Gasteiger charge is 2.02. The Labute approximate surface area is 130 Å². The molecular formula is C20H17O2. The van der Waals surface area contributed by atoms with Gasteiger partial charge in [-0.2, -0.15) is 0 Å². The van der Waals surface area contributed by atoms with E-state index >= 15 is 0 Å². The van der Waals surface area contributed by atoms with Gasteiger partial charge in [-0.3, -0.25) is 4.79 Å². The fourth-order valence-electron chi connectivity index (χ4n) is 2.62. The summed E-state index contributed by atoms with van der Waals surface area (Å²) in [4.78, 5) is 10.4. The van der Waals surface area contributed by atoms with Crippen LogP contribution in [-0.4, -0.2) is 6.29 Å². The maximum atomic E-state index is 10.4. The van der Waals surface area contributed by atoms with Crippen molar-refractivity contribution in [1.82, 2.24) is 0 Å². The molecule has 1 radical (unpaired) electrons. The Morgan fingerprint density at radius 3 is 2.50 bits per heavy atom. The molecule has 0 aliphatic heterocycles. The summed E-state index contributed by atoms with van der Waals surface area (Å²) >= 11 is 0. The smallest absolute Gasteiger partial charge is 0.203 e. The van der Waals surface area contributed by atoms with Gasteiger partial charge in [-0.15, -0.1) is 0 Å². The van der Waals surface area contributed by atoms with Crippen LogP contribution in [0.5, 0.6) is 5.75 Å². The lowest BCUT2D eigenvalue weighted by atomic mass is 10.0. The monoisotopic (exact) mass is 289 g/mol. The minimum absolute atomic E-state index is 0.324. The molecule has 0 aromatic heterocycles. The van der Waals surface area contributed by atoms with E-state index in [2.05, 4.69) is 43.3 Å². The average Bonchev–Trinajstić information content (AvgIpc) is 2.55. The van der Waals surface area contributed by atoms with Gasteiger partial charge >= 0.3 is 0 Å². The van der Waals surface area contributed by atoms with Gasteiger partial charge in [-0.25, -0.2) is 0 Å². The van der Waals surface area contributed by atoms with Gasteiger partial charge in [0.15, 0.2) is 0 Å². The molecule has 0 amide bonds. The van der Waals surface area contributed by atoms with E-state index in [1.54, 1.807) is 0 Å². The van der Waals surface area contributed by atoms with Crippen LogP contribution in [0.1, 0.15) is 16.7 Å². The average molecular weight is 289 g/mol. The van der Waals surface area contributed by atoms with Gasteiger partial charge in [-0.1, -0.05) is 42.5 Å². The molecule has 3 rings (SSSR count). The molecule has 2 nitrogen and oxygen atoms in total. The Morgan fingerprint density at radius 1 is 0.955 bits per heavy atom. The van der Waals surface area contributed by atoms with Crippen molar-refractivity contribution in [2.75, 3.05) is 0 Å². The van der Waals surface area contributed by atoms with Crippen LogP contribution in [0.3, 0.4) is 0 Å². The second-order valence-electron chi connectivity index (χ2n) is 5.39. The number of carbonyl (C=O) groups excluding carboxylic acids is 1. The summed E-state index contributed by atoms with van der Waals surface area (Å²) in [5.74, 6) is 0.806. The first-order chi connectivity index (χ1) is 10.8. The molecule has 0 N–H and O–H groups in total. The maximum absolute atomic E-state index is 10.4. The molecule has 0 saturated heterocycles. The molecule has 3 aromatic rings. The van der Waals surface area contributed by atoms with Gasteiger partial charge in [0.2, 0.25) is 6.29 Å². The number of hydrogen-bond donors (Lipinski definition) is 0. The van der Waals surface area contributed by atoms with Gasteiger partial charge in [0.05, 0.1) is 0 Å². The van der Waals surface area contributed by atoms with Gasteiger partial charge in [0.25, 0.3) is 0 Å². The highest BCUT2D eigenvalue weighted by molar-refractivity contribution is 5.86. The van der Waals surface area contributed by atoms with E-state index in [0.717, 1.165) is 16.9 Å². The molecule has 3 aromatic carbocycles. The first-order valence-corrected chi connectivity index (χ1v) is 7.31. The predicted octanol–water partition coefficient (Wildman–Crippen LogP) is 4.38. The van der Waals surface area contributed by atoms with Crippen LogP contribution in [-0.2, 0) is 17.8 Å². The van der Waals surface area contributed by atoms with Crippen LogP contribution in [0.25, 0.3) is 10.8 Å². The number of hydrogen-bond acceptors (Lipinski definition) is 2. The van der Waals surface area contributed by atoms with Gasteiger partial charge < -0.3 is 4.74 Å². The Kier molecular flexibility index (Phi) is 4.19. The van der Waals surface area contributed by atoms with E-state index in [1.165, 1.54) is 16.3 Å². The molecular weight excluding hydrogens is 272 g/mol. The van der Waals surface area contributed by atoms with Crippen molar-refractivity contribution < 1.29 is 9.53 Å². The molecule has 22 heavy (non-hydrogen) atoms. The van der Waals surface area contributed by atoms with Crippen LogP contribution in [0, 0.1) is 6.92 Å². The van der Waals surface area contributed by atoms with Crippen molar-refractivity contribution in [1.29, 1.82) is 0 Å². The summed E-state index contributed by atoms with van der Waals surface area (Å²) in [6.07, 6.45) is 2.22. The van der Waals surface area contributed by atoms with Crippen molar-refractivity contribution in [2.45, 2.75) is 20.0 Å². The third-order valence-corrected chi connectivity index (χ3v) is 3.73. The van der Waals surface area contributed by atoms with E-state index in [4.69, 9.17) is 4.74 Å². The van der Waals surface area contributed by atoms with E-state index in [-0.39, 0.29) is 0 Å². The summed E-state index contributed by atoms with van der Waals surface area (Å²) in [7, 11) is 0. The Balaban J connectivity index is 1.74. The van der Waals surface area contributed by atoms with Gasteiger partial charge in [0, 0.05) is 6.42 Å². The lowest BCUT2D eigenvalue weighted by Gasteiger charge is -2.10. The Hall–Kier alpha value is -2.61. The van der Waals surface area contributed by atoms with Crippen LogP contribution in [0.4, 0.5) is 0 Å². The van der Waals surface area contributed by atoms with Crippen LogP contribution in [0.2, 0.25) is 0 Å². The Morgan fingerprint density at radius 2 is 1.73 bits per heavy atom.